The van der Waals surface area contributed by atoms with E-state index in [0.29, 0.717) is 38.5 Å². The van der Waals surface area contributed by atoms with Gasteiger partial charge in [0.1, 0.15) is 5.41 Å². The first kappa shape index (κ1) is 24.5. The minimum Gasteiger partial charge on any atom is -0.388 e. The van der Waals surface area contributed by atoms with E-state index in [9.17, 15) is 19.8 Å². The fraction of sp³-hybridized carbons (Fsp3) is 0.920. The number of primary amides is 1. The van der Waals surface area contributed by atoms with Gasteiger partial charge in [-0.2, -0.15) is 0 Å². The van der Waals surface area contributed by atoms with Crippen LogP contribution in [0.2, 0.25) is 0 Å². The maximum atomic E-state index is 14.4. The average Bonchev–Trinajstić information content (AvgIpc) is 3.42. The van der Waals surface area contributed by atoms with Crippen LogP contribution in [0.1, 0.15) is 105 Å². The number of nitrogens with zero attached hydrogens (tertiary/aromatic N) is 1. The molecule has 0 saturated heterocycles. The predicted octanol–water partition coefficient (Wildman–Crippen LogP) is 3.52. The Morgan fingerprint density at radius 1 is 0.710 bits per heavy atom. The van der Waals surface area contributed by atoms with Crippen LogP contribution >= 0.6 is 0 Å². The van der Waals surface area contributed by atoms with Crippen molar-refractivity contribution in [1.82, 2.24) is 4.90 Å². The molecule has 31 heavy (non-hydrogen) atoms. The molecular formula is C25H44N2O4. The molecule has 2 amide bonds. The van der Waals surface area contributed by atoms with Crippen LogP contribution in [0.15, 0.2) is 0 Å². The summed E-state index contributed by atoms with van der Waals surface area (Å²) < 4.78 is 0. The summed E-state index contributed by atoms with van der Waals surface area (Å²) in [6.07, 6.45) is 8.83. The van der Waals surface area contributed by atoms with E-state index >= 15 is 0 Å². The zero-order valence-corrected chi connectivity index (χ0v) is 20.0. The van der Waals surface area contributed by atoms with Gasteiger partial charge in [0.15, 0.2) is 0 Å². The Hall–Kier alpha value is -1.14. The maximum Gasteiger partial charge on any atom is 0.238 e. The van der Waals surface area contributed by atoms with Crippen LogP contribution in [0.25, 0.3) is 0 Å². The molecule has 0 aromatic heterocycles. The molecule has 3 aliphatic carbocycles. The zero-order chi connectivity index (χ0) is 23.0. The van der Waals surface area contributed by atoms with Crippen molar-refractivity contribution >= 4 is 11.8 Å². The van der Waals surface area contributed by atoms with Crippen LogP contribution in [0.4, 0.5) is 0 Å². The molecule has 0 heterocycles. The maximum absolute atomic E-state index is 14.4. The van der Waals surface area contributed by atoms with Gasteiger partial charge < -0.3 is 20.8 Å². The summed E-state index contributed by atoms with van der Waals surface area (Å²) in [5, 5.41) is 23.5. The van der Waals surface area contributed by atoms with Gasteiger partial charge in [-0.3, -0.25) is 9.59 Å². The molecular weight excluding hydrogens is 392 g/mol. The zero-order valence-electron chi connectivity index (χ0n) is 20.0. The molecule has 6 heteroatoms. The summed E-state index contributed by atoms with van der Waals surface area (Å²) in [6.45, 7) is 8.18. The van der Waals surface area contributed by atoms with E-state index in [2.05, 4.69) is 0 Å². The second-order valence-corrected chi connectivity index (χ2v) is 11.4. The smallest absolute Gasteiger partial charge is 0.238 e. The van der Waals surface area contributed by atoms with Crippen molar-refractivity contribution in [2.75, 3.05) is 0 Å². The lowest BCUT2D eigenvalue weighted by molar-refractivity contribution is -0.177. The summed E-state index contributed by atoms with van der Waals surface area (Å²) in [7, 11) is 0. The molecule has 3 rings (SSSR count). The van der Waals surface area contributed by atoms with Crippen LogP contribution < -0.4 is 5.73 Å². The van der Waals surface area contributed by atoms with Crippen LogP contribution in [0, 0.1) is 17.3 Å². The highest BCUT2D eigenvalue weighted by molar-refractivity contribution is 6.05. The van der Waals surface area contributed by atoms with Crippen LogP contribution in [0.5, 0.6) is 0 Å². The number of nitrogens with two attached hydrogens (primary N) is 1. The molecule has 0 spiro atoms. The van der Waals surface area contributed by atoms with E-state index in [0.717, 1.165) is 38.5 Å². The van der Waals surface area contributed by atoms with Crippen molar-refractivity contribution in [2.24, 2.45) is 23.0 Å². The van der Waals surface area contributed by atoms with Crippen molar-refractivity contribution in [3.8, 4) is 0 Å². The Morgan fingerprint density at radius 3 is 1.32 bits per heavy atom. The first-order valence-corrected chi connectivity index (χ1v) is 12.6. The lowest BCUT2D eigenvalue weighted by Crippen LogP contribution is -2.68. The van der Waals surface area contributed by atoms with Crippen LogP contribution in [0.3, 0.4) is 0 Å². The standard InChI is InChI=1S/C25H44N2O4/c1-17(2)19(24(30)13-7-8-14-24)27(20(18(3)4)25(31)15-9-10-16-25)22(29)23(21(26)28)11-5-6-12-23/h17-20,30-31H,5-16H2,1-4H3,(H2,26,28)/t19-,20-/m1/s1. The number of carbonyl (C=O) groups is 2. The summed E-state index contributed by atoms with van der Waals surface area (Å²) in [6, 6.07) is -0.896. The minimum atomic E-state index is -1.22. The molecule has 0 aromatic carbocycles. The summed E-state index contributed by atoms with van der Waals surface area (Å²) in [5.74, 6) is -0.827. The quantitative estimate of drug-likeness (QED) is 0.506. The first-order valence-electron chi connectivity index (χ1n) is 12.6. The SMILES string of the molecule is CC(C)[C@@H](N(C(=O)C1(C(N)=O)CCCC1)[C@H](C(C)C)C1(O)CCCC1)C1(O)CCCC1. The highest BCUT2D eigenvalue weighted by atomic mass is 16.3. The third kappa shape index (κ3) is 4.27. The lowest BCUT2D eigenvalue weighted by Gasteiger charge is -2.53. The summed E-state index contributed by atoms with van der Waals surface area (Å²) >= 11 is 0. The van der Waals surface area contributed by atoms with Crippen molar-refractivity contribution in [3.05, 3.63) is 0 Å². The van der Waals surface area contributed by atoms with Gasteiger partial charge in [-0.25, -0.2) is 0 Å². The topological polar surface area (TPSA) is 104 Å². The summed E-state index contributed by atoms with van der Waals surface area (Å²) in [5.41, 5.74) is 2.67. The van der Waals surface area contributed by atoms with Crippen molar-refractivity contribution in [2.45, 2.75) is 128 Å². The van der Waals surface area contributed by atoms with Crippen LogP contribution in [-0.4, -0.2) is 50.2 Å². The first-order chi connectivity index (χ1) is 14.5. The Morgan fingerprint density at radius 2 is 1.03 bits per heavy atom. The summed E-state index contributed by atoms with van der Waals surface area (Å²) in [4.78, 5) is 28.9. The van der Waals surface area contributed by atoms with Gasteiger partial charge in [0.25, 0.3) is 0 Å². The van der Waals surface area contributed by atoms with E-state index in [-0.39, 0.29) is 17.7 Å². The lowest BCUT2D eigenvalue weighted by atomic mass is 9.74. The van der Waals surface area contributed by atoms with Gasteiger partial charge in [0, 0.05) is 0 Å². The van der Waals surface area contributed by atoms with Crippen molar-refractivity contribution < 1.29 is 19.8 Å². The molecule has 0 aromatic rings. The number of aliphatic hydroxyl groups is 2. The fourth-order valence-corrected chi connectivity index (χ4v) is 7.18. The van der Waals surface area contributed by atoms with Gasteiger partial charge in [0.05, 0.1) is 23.3 Å². The van der Waals surface area contributed by atoms with E-state index < -0.39 is 34.6 Å². The average molecular weight is 437 g/mol. The molecule has 0 radical (unpaired) electrons. The molecule has 178 valence electrons. The second kappa shape index (κ2) is 9.01. The second-order valence-electron chi connectivity index (χ2n) is 11.4. The molecule has 6 nitrogen and oxygen atoms in total. The predicted molar refractivity (Wildman–Crippen MR) is 121 cm³/mol. The molecule has 4 N–H and O–H groups in total. The van der Waals surface area contributed by atoms with Crippen molar-refractivity contribution in [3.63, 3.8) is 0 Å². The van der Waals surface area contributed by atoms with E-state index in [1.165, 1.54) is 0 Å². The number of amides is 2. The number of carbonyl (C=O) groups excluding carboxylic acids is 2. The Kier molecular flexibility index (Phi) is 7.12. The van der Waals surface area contributed by atoms with E-state index in [1.54, 1.807) is 0 Å². The van der Waals surface area contributed by atoms with Crippen LogP contribution in [-0.2, 0) is 9.59 Å². The third-order valence-corrected chi connectivity index (χ3v) is 8.47. The Labute approximate surface area is 187 Å². The van der Waals surface area contributed by atoms with Gasteiger partial charge in [-0.15, -0.1) is 0 Å². The number of hydrogen-bond donors (Lipinski definition) is 3. The number of rotatable bonds is 8. The fourth-order valence-electron chi connectivity index (χ4n) is 7.18. The molecule has 3 fully saturated rings. The monoisotopic (exact) mass is 436 g/mol. The molecule has 0 unspecified atom stereocenters. The largest absolute Gasteiger partial charge is 0.388 e. The van der Waals surface area contributed by atoms with Gasteiger partial charge in [-0.1, -0.05) is 66.2 Å². The Balaban J connectivity index is 2.17. The van der Waals surface area contributed by atoms with E-state index in [4.69, 9.17) is 5.73 Å². The third-order valence-electron chi connectivity index (χ3n) is 8.47. The molecule has 2 atom stereocenters. The minimum absolute atomic E-state index is 0.00960. The Bertz CT molecular complexity index is 622. The van der Waals surface area contributed by atoms with Gasteiger partial charge in [-0.05, 0) is 50.4 Å². The number of hydrogen-bond acceptors (Lipinski definition) is 4. The van der Waals surface area contributed by atoms with Gasteiger partial charge >= 0.3 is 0 Å². The van der Waals surface area contributed by atoms with E-state index in [1.807, 2.05) is 32.6 Å². The molecule has 0 bridgehead atoms. The molecule has 0 aliphatic heterocycles. The molecule has 3 aliphatic rings. The molecule has 3 saturated carbocycles. The van der Waals surface area contributed by atoms with Crippen molar-refractivity contribution in [1.29, 1.82) is 0 Å². The highest BCUT2D eigenvalue weighted by Gasteiger charge is 2.58. The normalized spacial score (nSPS) is 26.3. The van der Waals surface area contributed by atoms with Gasteiger partial charge in [0.2, 0.25) is 11.8 Å². The highest BCUT2D eigenvalue weighted by Crippen LogP contribution is 2.48.